The zero-order valence-corrected chi connectivity index (χ0v) is 40.8. The first kappa shape index (κ1) is 54.9. The van der Waals surface area contributed by atoms with Crippen molar-refractivity contribution in [3.63, 3.8) is 0 Å². The van der Waals surface area contributed by atoms with Crippen LogP contribution in [0.25, 0.3) is 0 Å². The summed E-state index contributed by atoms with van der Waals surface area (Å²) in [5.74, 6) is 0.350. The van der Waals surface area contributed by atoms with Gasteiger partial charge in [0.2, 0.25) is 0 Å². The van der Waals surface area contributed by atoms with Gasteiger partial charge in [0.1, 0.15) is 32.9 Å². The van der Waals surface area contributed by atoms with E-state index in [-0.39, 0.29) is 24.4 Å². The first-order valence-electron chi connectivity index (χ1n) is 20.6. The number of carbonyl (C=O) groups excluding carboxylic acids is 2. The number of benzene rings is 3. The number of hydrogen-bond donors (Lipinski definition) is 3. The van der Waals surface area contributed by atoms with E-state index in [1.165, 1.54) is 21.3 Å². The highest BCUT2D eigenvalue weighted by Gasteiger charge is 2.28. The maximum atomic E-state index is 12.3. The minimum Gasteiger partial charge on any atom is -0.481 e. The molecule has 2 unspecified atom stereocenters. The Labute approximate surface area is 405 Å². The molecule has 0 amide bonds. The molecule has 3 aromatic rings. The molecule has 3 N–H and O–H groups in total. The molecule has 2 heterocycles. The highest BCUT2D eigenvalue weighted by molar-refractivity contribution is 6.45. The Balaban J connectivity index is 0.000000260. The van der Waals surface area contributed by atoms with Crippen LogP contribution in [0.3, 0.4) is 0 Å². The molecule has 64 heavy (non-hydrogen) atoms. The number of halogens is 6. The van der Waals surface area contributed by atoms with Crippen molar-refractivity contribution in [2.45, 2.75) is 71.0 Å². The highest BCUT2D eigenvalue weighted by Crippen LogP contribution is 2.27. The molecule has 0 aromatic heterocycles. The minimum absolute atomic E-state index is 0.0254. The van der Waals surface area contributed by atoms with E-state index < -0.39 is 13.0 Å². The average molecular weight is 1000 g/mol. The summed E-state index contributed by atoms with van der Waals surface area (Å²) in [6.45, 7) is 5.33. The van der Waals surface area contributed by atoms with Gasteiger partial charge in [0.15, 0.2) is 0 Å². The number of nitrogens with zero attached hydrogens (tertiary/aromatic N) is 4. The van der Waals surface area contributed by atoms with Crippen LogP contribution in [0.5, 0.6) is 0 Å². The second-order valence-electron chi connectivity index (χ2n) is 15.1. The van der Waals surface area contributed by atoms with E-state index in [1.807, 2.05) is 16.9 Å². The van der Waals surface area contributed by atoms with Crippen LogP contribution >= 0.6 is 69.6 Å². The summed E-state index contributed by atoms with van der Waals surface area (Å²) in [5, 5.41) is 36.0. The minimum atomic E-state index is -0.895. The molecule has 0 bridgehead atoms. The fraction of sp³-hybridized carbons (Fsp3) is 0.455. The van der Waals surface area contributed by atoms with Crippen LogP contribution in [0, 0.1) is 11.8 Å². The topological polar surface area (TPSA) is 172 Å². The van der Waals surface area contributed by atoms with Crippen LogP contribution in [0.2, 0.25) is 37.0 Å². The summed E-state index contributed by atoms with van der Waals surface area (Å²) >= 11 is 35.6. The first-order valence-corrected chi connectivity index (χ1v) is 22.9. The molecule has 2 aliphatic heterocycles. The smallest absolute Gasteiger partial charge is 0.376 e. The van der Waals surface area contributed by atoms with E-state index in [0.717, 1.165) is 50.1 Å². The van der Waals surface area contributed by atoms with E-state index in [4.69, 9.17) is 84.4 Å². The van der Waals surface area contributed by atoms with Crippen LogP contribution in [-0.2, 0) is 28.9 Å². The van der Waals surface area contributed by atoms with Gasteiger partial charge in [-0.05, 0) is 94.1 Å². The number of hydrogen-bond acceptors (Lipinski definition) is 12. The van der Waals surface area contributed by atoms with Crippen molar-refractivity contribution in [3.05, 3.63) is 101 Å². The van der Waals surface area contributed by atoms with Gasteiger partial charge in [0, 0.05) is 61.6 Å². The summed E-state index contributed by atoms with van der Waals surface area (Å²) < 4.78 is 0. The Kier molecular flexibility index (Phi) is 25.1. The zero-order valence-electron chi connectivity index (χ0n) is 36.2. The molecule has 0 spiro atoms. The van der Waals surface area contributed by atoms with E-state index in [1.54, 1.807) is 49.3 Å². The lowest BCUT2D eigenvalue weighted by molar-refractivity contribution is -0.136. The van der Waals surface area contributed by atoms with Gasteiger partial charge in [0.05, 0.1) is 53.7 Å². The number of rotatable bonds is 20. The largest absolute Gasteiger partial charge is 0.481 e. The fourth-order valence-electron chi connectivity index (χ4n) is 6.93. The number of ketones is 2. The molecule has 3 aromatic carbocycles. The Morgan fingerprint density at radius 3 is 1.38 bits per heavy atom. The predicted molar refractivity (Wildman–Crippen MR) is 259 cm³/mol. The normalized spacial score (nSPS) is 16.6. The number of nitrogens with one attached hydrogen (secondary N) is 1. The highest BCUT2D eigenvalue weighted by atomic mass is 35.5. The Morgan fingerprint density at radius 1 is 0.641 bits per heavy atom. The van der Waals surface area contributed by atoms with E-state index >= 15 is 0 Å². The maximum Gasteiger partial charge on any atom is 0.376 e. The molecular weight excluding hydrogens is 950 g/mol. The number of Topliss-reactive ketones (excluding diaryl/α,β-unsaturated/α-hetero) is 2. The van der Waals surface area contributed by atoms with Crippen LogP contribution in [-0.4, -0.2) is 104 Å². The predicted octanol–water partition coefficient (Wildman–Crippen LogP) is 10.4. The quantitative estimate of drug-likeness (QED) is 0.0562. The van der Waals surface area contributed by atoms with Crippen molar-refractivity contribution in [2.75, 3.05) is 47.5 Å². The number of carboxylic acid groups (broad SMARTS) is 1. The molecule has 2 aliphatic rings. The second-order valence-corrected chi connectivity index (χ2v) is 17.5. The summed E-state index contributed by atoms with van der Waals surface area (Å²) in [5.41, 5.74) is 4.22. The molecule has 5 rings (SSSR count). The van der Waals surface area contributed by atoms with Crippen molar-refractivity contribution < 1.29 is 39.0 Å². The summed E-state index contributed by atoms with van der Waals surface area (Å²) in [4.78, 5) is 51.4. The molecule has 20 heteroatoms. The van der Waals surface area contributed by atoms with Crippen molar-refractivity contribution in [2.24, 2.45) is 27.3 Å². The fourth-order valence-corrected chi connectivity index (χ4v) is 7.83. The van der Waals surface area contributed by atoms with E-state index in [2.05, 4.69) is 25.6 Å². The molecule has 0 aliphatic carbocycles. The third-order valence-corrected chi connectivity index (χ3v) is 12.5. The van der Waals surface area contributed by atoms with Gasteiger partial charge < -0.3 is 34.8 Å². The van der Waals surface area contributed by atoms with E-state index in [0.29, 0.717) is 103 Å². The van der Waals surface area contributed by atoms with Crippen molar-refractivity contribution in [1.82, 2.24) is 10.1 Å². The van der Waals surface area contributed by atoms with Gasteiger partial charge in [-0.1, -0.05) is 103 Å². The molecule has 0 saturated carbocycles. The van der Waals surface area contributed by atoms with Crippen LogP contribution in [0.15, 0.2) is 70.1 Å². The standard InChI is InChI=1S/C17H23BCl2N2O3.C16H20Cl2N2O2.C11H11Cl2NO3/c1-18(24)22-8-7-12(11-22)9-14(23)4-6-17(21-25-2)13-3-5-15(19)16(20)10-13;1-22-20-16(12-2-4-14(17)15(18)9-12)5-3-13(21)8-11-6-7-19-10-11;1-17-14-10(4-5-11(15)16)7-2-3-8(12)9(13)6-7/h3,5,10,12,24H,4,6-9,11H2,1-2H3;2,4,9,11,19H,3,5-8,10H2,1H3;2-3,6H,4-5H2,1H3,(H,15,16). The summed E-state index contributed by atoms with van der Waals surface area (Å²) in [6, 6.07) is 15.5. The number of carbonyl (C=O) groups is 3. The molecule has 2 saturated heterocycles. The monoisotopic (exact) mass is 1000 g/mol. The lowest BCUT2D eigenvalue weighted by Crippen LogP contribution is -2.35. The van der Waals surface area contributed by atoms with Gasteiger partial charge >= 0.3 is 13.0 Å². The van der Waals surface area contributed by atoms with Crippen LogP contribution in [0.1, 0.15) is 80.9 Å². The SMILES string of the molecule is CON=C(CCC(=O)CC1CCN(B(C)O)C1)c1ccc(Cl)c(Cl)c1.CON=C(CCC(=O)CC1CCNC1)c1ccc(Cl)c(Cl)c1.CON=C(CCC(=O)O)c1ccc(Cl)c(Cl)c1. The molecule has 13 nitrogen and oxygen atoms in total. The Hall–Kier alpha value is -3.44. The second kappa shape index (κ2) is 29.3. The molecule has 2 fully saturated rings. The Morgan fingerprint density at radius 2 is 1.05 bits per heavy atom. The number of oxime groups is 3. The van der Waals surface area contributed by atoms with Gasteiger partial charge in [0.25, 0.3) is 0 Å². The molecule has 2 atom stereocenters. The van der Waals surface area contributed by atoms with E-state index in [9.17, 15) is 19.4 Å². The summed E-state index contributed by atoms with van der Waals surface area (Å²) in [6.07, 6.45) is 5.30. The van der Waals surface area contributed by atoms with Gasteiger partial charge in [-0.3, -0.25) is 14.4 Å². The molecule has 348 valence electrons. The molecular formula is C44H54BCl6N5O8. The Bertz CT molecular complexity index is 2100. The van der Waals surface area contributed by atoms with Gasteiger partial charge in [-0.25, -0.2) is 0 Å². The third kappa shape index (κ3) is 19.6. The van der Waals surface area contributed by atoms with Gasteiger partial charge in [-0.2, -0.15) is 0 Å². The van der Waals surface area contributed by atoms with Crippen molar-refractivity contribution >= 4 is 111 Å². The van der Waals surface area contributed by atoms with Gasteiger partial charge in [-0.15, -0.1) is 0 Å². The van der Waals surface area contributed by atoms with Crippen LogP contribution in [0.4, 0.5) is 0 Å². The van der Waals surface area contributed by atoms with Crippen LogP contribution < -0.4 is 5.32 Å². The number of carboxylic acids is 1. The zero-order chi connectivity index (χ0) is 47.2. The van der Waals surface area contributed by atoms with Crippen molar-refractivity contribution in [1.29, 1.82) is 0 Å². The molecule has 0 radical (unpaired) electrons. The lowest BCUT2D eigenvalue weighted by Gasteiger charge is -2.15. The summed E-state index contributed by atoms with van der Waals surface area (Å²) in [7, 11) is 3.92. The maximum absolute atomic E-state index is 12.3. The number of aliphatic carboxylic acids is 1. The van der Waals surface area contributed by atoms with Crippen molar-refractivity contribution in [3.8, 4) is 0 Å². The lowest BCUT2D eigenvalue weighted by atomic mass is 9.85. The first-order chi connectivity index (χ1) is 30.5. The third-order valence-electron chi connectivity index (χ3n) is 10.3. The average Bonchev–Trinajstić information content (AvgIpc) is 3.96.